The third-order valence-electron chi connectivity index (χ3n) is 4.87. The van der Waals surface area contributed by atoms with E-state index in [9.17, 15) is 14.5 Å². The molecule has 0 aliphatic rings. The van der Waals surface area contributed by atoms with Crippen LogP contribution >= 0.6 is 27.3 Å². The monoisotopic (exact) mass is 532 g/mol. The molecule has 1 atom stereocenters. The molecule has 0 radical (unpaired) electrons. The molecule has 0 N–H and O–H groups in total. The molecule has 0 aliphatic carbocycles. The maximum Gasteiger partial charge on any atom is 0.406 e. The van der Waals surface area contributed by atoms with Gasteiger partial charge in [0.25, 0.3) is 0 Å². The molecule has 4 aromatic rings. The van der Waals surface area contributed by atoms with Crippen LogP contribution in [0.1, 0.15) is 36.9 Å². The Labute approximate surface area is 200 Å². The van der Waals surface area contributed by atoms with Crippen LogP contribution in [0.2, 0.25) is 0 Å². The lowest BCUT2D eigenvalue weighted by Crippen LogP contribution is -2.08. The van der Waals surface area contributed by atoms with Gasteiger partial charge in [0, 0.05) is 36.4 Å². The molecule has 0 saturated heterocycles. The van der Waals surface area contributed by atoms with E-state index in [1.54, 1.807) is 23.2 Å². The van der Waals surface area contributed by atoms with Crippen LogP contribution in [0.15, 0.2) is 46.6 Å². The van der Waals surface area contributed by atoms with E-state index in [-0.39, 0.29) is 5.75 Å². The lowest BCUT2D eigenvalue weighted by Gasteiger charge is -2.18. The molecule has 1 aromatic carbocycles. The van der Waals surface area contributed by atoms with Gasteiger partial charge in [-0.15, -0.1) is 16.4 Å². The first kappa shape index (κ1) is 22.9. The fourth-order valence-electron chi connectivity index (χ4n) is 3.33. The van der Waals surface area contributed by atoms with Crippen LogP contribution in [0.5, 0.6) is 5.75 Å². The van der Waals surface area contributed by atoms with Crippen LogP contribution in [0.4, 0.5) is 10.2 Å². The van der Waals surface area contributed by atoms with E-state index in [1.807, 2.05) is 13.1 Å². The quantitative estimate of drug-likeness (QED) is 0.222. The van der Waals surface area contributed by atoms with E-state index in [0.717, 1.165) is 21.8 Å². The van der Waals surface area contributed by atoms with Crippen molar-refractivity contribution >= 4 is 33.1 Å². The van der Waals surface area contributed by atoms with Gasteiger partial charge >= 0.3 is 5.82 Å². The second-order valence-corrected chi connectivity index (χ2v) is 8.87. The molecule has 33 heavy (non-hydrogen) atoms. The number of ether oxygens (including phenoxy) is 1. The van der Waals surface area contributed by atoms with E-state index in [0.29, 0.717) is 23.0 Å². The molecule has 0 saturated carbocycles. The van der Waals surface area contributed by atoms with Crippen molar-refractivity contribution in [3.63, 3.8) is 0 Å². The molecular formula is C21H18BrFN6O3S. The van der Waals surface area contributed by atoms with Crippen LogP contribution < -0.4 is 4.74 Å². The molecule has 0 amide bonds. The fraction of sp³-hybridized carbons (Fsp3) is 0.238. The highest BCUT2D eigenvalue weighted by Gasteiger charge is 2.24. The molecule has 0 bridgehead atoms. The Morgan fingerprint density at radius 3 is 2.88 bits per heavy atom. The predicted molar refractivity (Wildman–Crippen MR) is 124 cm³/mol. The average Bonchev–Trinajstić information content (AvgIpc) is 3.43. The molecule has 0 fully saturated rings. The largest absolute Gasteiger partial charge is 0.478 e. The van der Waals surface area contributed by atoms with Crippen LogP contribution in [0.3, 0.4) is 0 Å². The van der Waals surface area contributed by atoms with Crippen LogP contribution in [-0.4, -0.2) is 29.9 Å². The van der Waals surface area contributed by atoms with Gasteiger partial charge in [-0.25, -0.2) is 9.37 Å². The van der Waals surface area contributed by atoms with E-state index < -0.39 is 22.7 Å². The van der Waals surface area contributed by atoms with Crippen molar-refractivity contribution in [1.29, 1.82) is 0 Å². The number of aromatic nitrogens is 5. The molecule has 0 unspecified atom stereocenters. The van der Waals surface area contributed by atoms with Gasteiger partial charge in [0.1, 0.15) is 11.9 Å². The van der Waals surface area contributed by atoms with Gasteiger partial charge in [-0.1, -0.05) is 11.3 Å². The molecule has 0 aliphatic heterocycles. The van der Waals surface area contributed by atoms with Crippen molar-refractivity contribution in [1.82, 2.24) is 25.0 Å². The summed E-state index contributed by atoms with van der Waals surface area (Å²) in [6.07, 6.45) is 2.94. The minimum absolute atomic E-state index is 0.0159. The number of thiazole rings is 1. The molecule has 170 valence electrons. The van der Waals surface area contributed by atoms with Gasteiger partial charge in [0.15, 0.2) is 6.20 Å². The third kappa shape index (κ3) is 5.06. The smallest absolute Gasteiger partial charge is 0.406 e. The van der Waals surface area contributed by atoms with E-state index in [1.165, 1.54) is 35.7 Å². The number of pyridine rings is 1. The summed E-state index contributed by atoms with van der Waals surface area (Å²) in [5.74, 6) is -0.874. The van der Waals surface area contributed by atoms with Crippen LogP contribution in [-0.2, 0) is 13.0 Å². The summed E-state index contributed by atoms with van der Waals surface area (Å²) in [7, 11) is 0. The van der Waals surface area contributed by atoms with Gasteiger partial charge in [-0.3, -0.25) is 4.68 Å². The molecule has 4 rings (SSSR count). The van der Waals surface area contributed by atoms with Crippen LogP contribution in [0.25, 0.3) is 10.4 Å². The first-order chi connectivity index (χ1) is 15.9. The third-order valence-corrected chi connectivity index (χ3v) is 6.21. The Bertz CT molecular complexity index is 1310. The minimum Gasteiger partial charge on any atom is -0.478 e. The highest BCUT2D eigenvalue weighted by atomic mass is 79.9. The van der Waals surface area contributed by atoms with Crippen molar-refractivity contribution in [3.05, 3.63) is 79.5 Å². The number of benzene rings is 1. The first-order valence-corrected chi connectivity index (χ1v) is 11.6. The topological polar surface area (TPSA) is 109 Å². The fourth-order valence-corrected chi connectivity index (χ4v) is 4.50. The summed E-state index contributed by atoms with van der Waals surface area (Å²) in [6, 6.07) is 5.87. The Morgan fingerprint density at radius 2 is 2.15 bits per heavy atom. The molecule has 3 aromatic heterocycles. The lowest BCUT2D eigenvalue weighted by atomic mass is 9.99. The molecule has 12 heteroatoms. The van der Waals surface area contributed by atoms with Crippen molar-refractivity contribution in [2.75, 3.05) is 0 Å². The highest BCUT2D eigenvalue weighted by molar-refractivity contribution is 9.10. The molecule has 3 heterocycles. The van der Waals surface area contributed by atoms with Crippen molar-refractivity contribution in [3.8, 4) is 16.2 Å². The summed E-state index contributed by atoms with van der Waals surface area (Å²) in [5, 5.41) is 19.6. The summed E-state index contributed by atoms with van der Waals surface area (Å²) in [5.41, 5.74) is 4.53. The number of halogens is 2. The zero-order valence-corrected chi connectivity index (χ0v) is 20.0. The van der Waals surface area contributed by atoms with Crippen molar-refractivity contribution < 1.29 is 14.1 Å². The summed E-state index contributed by atoms with van der Waals surface area (Å²) in [4.78, 5) is 19.9. The number of aryl methyl sites for hydroxylation is 1. The Balaban J connectivity index is 1.69. The minimum atomic E-state index is -0.707. The predicted octanol–water partition coefficient (Wildman–Crippen LogP) is 5.36. The number of nitro groups is 1. The van der Waals surface area contributed by atoms with Crippen LogP contribution in [0, 0.1) is 15.9 Å². The zero-order chi connectivity index (χ0) is 23.5. The first-order valence-electron chi connectivity index (χ1n) is 9.93. The van der Waals surface area contributed by atoms with Gasteiger partial charge in [0.2, 0.25) is 5.75 Å². The second-order valence-electron chi connectivity index (χ2n) is 7.09. The van der Waals surface area contributed by atoms with Gasteiger partial charge in [0.05, 0.1) is 26.2 Å². The number of rotatable bonds is 8. The molecule has 9 nitrogen and oxygen atoms in total. The summed E-state index contributed by atoms with van der Waals surface area (Å²) in [6.45, 7) is 4.39. The number of nitrogens with zero attached hydrogens (tertiary/aromatic N) is 6. The normalized spacial score (nSPS) is 12.0. The van der Waals surface area contributed by atoms with Gasteiger partial charge < -0.3 is 14.9 Å². The molecule has 0 spiro atoms. The lowest BCUT2D eigenvalue weighted by molar-refractivity contribution is -0.390. The van der Waals surface area contributed by atoms with E-state index >= 15 is 0 Å². The number of hydrogen-bond donors (Lipinski definition) is 0. The van der Waals surface area contributed by atoms with Crippen molar-refractivity contribution in [2.45, 2.75) is 32.9 Å². The molecular weight excluding hydrogens is 515 g/mol. The second kappa shape index (κ2) is 9.71. The Hall–Kier alpha value is -3.25. The maximum atomic E-state index is 14.2. The maximum absolute atomic E-state index is 14.2. The standard InChI is InChI=1S/C21H18BrFN6O3S/c1-3-28-10-15(26-27-28)8-18-20(33-11-25-18)16-5-4-14(23)7-17(16)12(2)32-19-6-13(22)9-24-21(19)29(30)31/h4-7,9-12H,3,8H2,1-2H3/t12-/m1/s1. The average molecular weight is 533 g/mol. The van der Waals surface area contributed by atoms with Gasteiger partial charge in [-0.2, -0.15) is 0 Å². The van der Waals surface area contributed by atoms with E-state index in [4.69, 9.17) is 4.74 Å². The Morgan fingerprint density at radius 1 is 1.33 bits per heavy atom. The highest BCUT2D eigenvalue weighted by Crippen LogP contribution is 2.38. The van der Waals surface area contributed by atoms with Gasteiger partial charge in [-0.05, 0) is 51.8 Å². The summed E-state index contributed by atoms with van der Waals surface area (Å²) >= 11 is 4.67. The van der Waals surface area contributed by atoms with Crippen molar-refractivity contribution in [2.24, 2.45) is 0 Å². The SMILES string of the molecule is CCn1cc(Cc2ncsc2-c2ccc(F)cc2[C@@H](C)Oc2cc(Br)cnc2[N+](=O)[O-])nn1. The van der Waals surface area contributed by atoms with E-state index in [2.05, 4.69) is 36.2 Å². The number of hydrogen-bond acceptors (Lipinski definition) is 8. The Kier molecular flexibility index (Phi) is 6.75. The summed E-state index contributed by atoms with van der Waals surface area (Å²) < 4.78 is 22.4. The zero-order valence-electron chi connectivity index (χ0n) is 17.6.